The molecule has 0 atom stereocenters. The third-order valence-electron chi connectivity index (χ3n) is 3.27. The van der Waals surface area contributed by atoms with Crippen molar-refractivity contribution in [2.45, 2.75) is 12.8 Å². The van der Waals surface area contributed by atoms with Crippen LogP contribution < -0.4 is 10.6 Å². The number of aliphatic imine (C=N–C) groups is 1. The monoisotopic (exact) mass is 444 g/mol. The fraction of sp³-hybridized carbons (Fsp3) is 0.294. The van der Waals surface area contributed by atoms with Gasteiger partial charge in [0, 0.05) is 43.5 Å². The summed E-state index contributed by atoms with van der Waals surface area (Å²) in [4.78, 5) is 8.51. The highest BCUT2D eigenvalue weighted by Crippen LogP contribution is 2.14. The van der Waals surface area contributed by atoms with Gasteiger partial charge in [0.2, 0.25) is 0 Å². The van der Waals surface area contributed by atoms with Crippen LogP contribution in [0.2, 0.25) is 5.02 Å². The lowest BCUT2D eigenvalue weighted by molar-refractivity contribution is 0.776. The molecular formula is C17H22ClIN4. The summed E-state index contributed by atoms with van der Waals surface area (Å²) in [6.07, 6.45) is 3.54. The average Bonchev–Trinajstić information content (AvgIpc) is 2.56. The van der Waals surface area contributed by atoms with Crippen molar-refractivity contribution in [2.24, 2.45) is 4.99 Å². The first kappa shape index (κ1) is 19.7. The van der Waals surface area contributed by atoms with Crippen LogP contribution in [-0.2, 0) is 12.8 Å². The predicted octanol–water partition coefficient (Wildman–Crippen LogP) is 3.30. The van der Waals surface area contributed by atoms with E-state index in [0.29, 0.717) is 0 Å². The number of hydrogen-bond acceptors (Lipinski definition) is 2. The van der Waals surface area contributed by atoms with Gasteiger partial charge in [-0.25, -0.2) is 0 Å². The Bertz CT molecular complexity index is 605. The summed E-state index contributed by atoms with van der Waals surface area (Å²) in [7, 11) is 1.77. The lowest BCUT2D eigenvalue weighted by Crippen LogP contribution is -2.39. The molecule has 1 aromatic carbocycles. The van der Waals surface area contributed by atoms with Gasteiger partial charge in [0.25, 0.3) is 0 Å². The second-order valence-electron chi connectivity index (χ2n) is 4.84. The summed E-state index contributed by atoms with van der Waals surface area (Å²) in [6, 6.07) is 13.8. The highest BCUT2D eigenvalue weighted by molar-refractivity contribution is 14.0. The van der Waals surface area contributed by atoms with Crippen LogP contribution in [0.15, 0.2) is 53.7 Å². The molecule has 1 heterocycles. The second kappa shape index (κ2) is 11.2. The van der Waals surface area contributed by atoms with Crippen LogP contribution in [0.3, 0.4) is 0 Å². The van der Waals surface area contributed by atoms with E-state index >= 15 is 0 Å². The molecular weight excluding hydrogens is 423 g/mol. The fourth-order valence-corrected chi connectivity index (χ4v) is 2.32. The zero-order valence-electron chi connectivity index (χ0n) is 13.1. The molecule has 23 heavy (non-hydrogen) atoms. The minimum atomic E-state index is 0. The molecule has 0 aliphatic heterocycles. The zero-order valence-corrected chi connectivity index (χ0v) is 16.2. The van der Waals surface area contributed by atoms with E-state index in [1.165, 1.54) is 0 Å². The van der Waals surface area contributed by atoms with Gasteiger partial charge in [-0.2, -0.15) is 0 Å². The fourth-order valence-electron chi connectivity index (χ4n) is 2.09. The minimum Gasteiger partial charge on any atom is -0.356 e. The Labute approximate surface area is 159 Å². The number of pyridine rings is 1. The Kier molecular flexibility index (Phi) is 9.63. The third-order valence-corrected chi connectivity index (χ3v) is 3.64. The molecule has 0 fully saturated rings. The number of halogens is 2. The SMILES string of the molecule is CN=C(NCCc1ccccn1)NCCc1ccccc1Cl.I. The van der Waals surface area contributed by atoms with Gasteiger partial charge in [-0.3, -0.25) is 9.98 Å². The van der Waals surface area contributed by atoms with Crippen LogP contribution in [0, 0.1) is 0 Å². The largest absolute Gasteiger partial charge is 0.356 e. The summed E-state index contributed by atoms with van der Waals surface area (Å²) in [5.74, 6) is 0.794. The van der Waals surface area contributed by atoms with E-state index in [-0.39, 0.29) is 24.0 Å². The smallest absolute Gasteiger partial charge is 0.190 e. The van der Waals surface area contributed by atoms with Gasteiger partial charge >= 0.3 is 0 Å². The molecule has 124 valence electrons. The maximum atomic E-state index is 6.14. The highest BCUT2D eigenvalue weighted by atomic mass is 127. The Balaban J connectivity index is 0.00000264. The molecule has 0 aliphatic carbocycles. The van der Waals surface area contributed by atoms with Gasteiger partial charge in [0.15, 0.2) is 5.96 Å². The van der Waals surface area contributed by atoms with Gasteiger partial charge < -0.3 is 10.6 Å². The number of rotatable bonds is 6. The molecule has 2 rings (SSSR count). The molecule has 0 unspecified atom stereocenters. The van der Waals surface area contributed by atoms with Gasteiger partial charge in [0.1, 0.15) is 0 Å². The Morgan fingerprint density at radius 1 is 1.04 bits per heavy atom. The predicted molar refractivity (Wildman–Crippen MR) is 108 cm³/mol. The molecule has 0 amide bonds. The van der Waals surface area contributed by atoms with E-state index in [4.69, 9.17) is 11.6 Å². The molecule has 0 saturated carbocycles. The molecule has 6 heteroatoms. The molecule has 0 spiro atoms. The van der Waals surface area contributed by atoms with E-state index in [1.807, 2.05) is 48.7 Å². The molecule has 0 radical (unpaired) electrons. The first-order chi connectivity index (χ1) is 10.8. The van der Waals surface area contributed by atoms with Crippen LogP contribution in [-0.4, -0.2) is 31.1 Å². The summed E-state index contributed by atoms with van der Waals surface area (Å²) in [5, 5.41) is 7.38. The van der Waals surface area contributed by atoms with Crippen LogP contribution >= 0.6 is 35.6 Å². The van der Waals surface area contributed by atoms with Crippen molar-refractivity contribution in [3.8, 4) is 0 Å². The van der Waals surface area contributed by atoms with Crippen LogP contribution in [0.25, 0.3) is 0 Å². The van der Waals surface area contributed by atoms with Crippen molar-refractivity contribution in [1.82, 2.24) is 15.6 Å². The van der Waals surface area contributed by atoms with E-state index in [9.17, 15) is 0 Å². The minimum absolute atomic E-state index is 0. The number of nitrogens with one attached hydrogen (secondary N) is 2. The number of guanidine groups is 1. The zero-order chi connectivity index (χ0) is 15.6. The van der Waals surface area contributed by atoms with E-state index in [1.54, 1.807) is 7.05 Å². The summed E-state index contributed by atoms with van der Waals surface area (Å²) >= 11 is 6.14. The number of nitrogens with zero attached hydrogens (tertiary/aromatic N) is 2. The number of aromatic nitrogens is 1. The maximum absolute atomic E-state index is 6.14. The highest BCUT2D eigenvalue weighted by Gasteiger charge is 2.01. The topological polar surface area (TPSA) is 49.3 Å². The van der Waals surface area contributed by atoms with Crippen LogP contribution in [0.4, 0.5) is 0 Å². The number of benzene rings is 1. The standard InChI is InChI=1S/C17H21ClN4.HI/c1-19-17(22-13-10-15-7-4-5-11-20-15)21-12-9-14-6-2-3-8-16(14)18;/h2-8,11H,9-10,12-13H2,1H3,(H2,19,21,22);1H. The number of hydrogen-bond donors (Lipinski definition) is 2. The van der Waals surface area contributed by atoms with Crippen LogP contribution in [0.5, 0.6) is 0 Å². The molecule has 0 aliphatic rings. The maximum Gasteiger partial charge on any atom is 0.190 e. The third kappa shape index (κ3) is 7.18. The molecule has 1 aromatic heterocycles. The molecule has 2 N–H and O–H groups in total. The van der Waals surface area contributed by atoms with Gasteiger partial charge in [0.05, 0.1) is 0 Å². The Morgan fingerprint density at radius 3 is 2.39 bits per heavy atom. The Hall–Kier alpha value is -1.34. The van der Waals surface area contributed by atoms with Crippen molar-refractivity contribution in [3.63, 3.8) is 0 Å². The summed E-state index contributed by atoms with van der Waals surface area (Å²) < 4.78 is 0. The summed E-state index contributed by atoms with van der Waals surface area (Å²) in [5.41, 5.74) is 2.21. The molecule has 2 aromatic rings. The first-order valence-electron chi connectivity index (χ1n) is 7.37. The van der Waals surface area contributed by atoms with E-state index < -0.39 is 0 Å². The van der Waals surface area contributed by atoms with Crippen molar-refractivity contribution in [3.05, 3.63) is 64.9 Å². The second-order valence-corrected chi connectivity index (χ2v) is 5.25. The molecule has 0 bridgehead atoms. The van der Waals surface area contributed by atoms with Crippen molar-refractivity contribution >= 4 is 41.5 Å². The van der Waals surface area contributed by atoms with E-state index in [2.05, 4.69) is 20.6 Å². The average molecular weight is 445 g/mol. The van der Waals surface area contributed by atoms with Crippen molar-refractivity contribution in [1.29, 1.82) is 0 Å². The van der Waals surface area contributed by atoms with Crippen molar-refractivity contribution in [2.75, 3.05) is 20.1 Å². The van der Waals surface area contributed by atoms with Gasteiger partial charge in [-0.15, -0.1) is 24.0 Å². The summed E-state index contributed by atoms with van der Waals surface area (Å²) in [6.45, 7) is 1.58. The first-order valence-corrected chi connectivity index (χ1v) is 7.75. The van der Waals surface area contributed by atoms with Gasteiger partial charge in [-0.05, 0) is 30.2 Å². The van der Waals surface area contributed by atoms with Crippen molar-refractivity contribution < 1.29 is 0 Å². The lowest BCUT2D eigenvalue weighted by atomic mass is 10.1. The van der Waals surface area contributed by atoms with Gasteiger partial charge in [-0.1, -0.05) is 35.9 Å². The van der Waals surface area contributed by atoms with Crippen LogP contribution in [0.1, 0.15) is 11.3 Å². The molecule has 4 nitrogen and oxygen atoms in total. The normalized spacial score (nSPS) is 10.8. The quantitative estimate of drug-likeness (QED) is 0.408. The Morgan fingerprint density at radius 2 is 1.74 bits per heavy atom. The molecule has 0 saturated heterocycles. The van der Waals surface area contributed by atoms with E-state index in [0.717, 1.165) is 48.2 Å². The lowest BCUT2D eigenvalue weighted by Gasteiger charge is -2.12.